The van der Waals surface area contributed by atoms with Gasteiger partial charge in [0.25, 0.3) is 0 Å². The van der Waals surface area contributed by atoms with Crippen LogP contribution in [0.3, 0.4) is 0 Å². The van der Waals surface area contributed by atoms with Crippen LogP contribution in [0, 0.1) is 16.0 Å². The van der Waals surface area contributed by atoms with Gasteiger partial charge in [0.2, 0.25) is 0 Å². The fourth-order valence-corrected chi connectivity index (χ4v) is 1.80. The van der Waals surface area contributed by atoms with E-state index in [9.17, 15) is 14.9 Å². The molecule has 0 aliphatic carbocycles. The third-order valence-electron chi connectivity index (χ3n) is 2.97. The molecule has 0 bridgehead atoms. The Hall–Kier alpha value is -1.91. The van der Waals surface area contributed by atoms with E-state index in [0.29, 0.717) is 12.2 Å². The zero-order valence-electron chi connectivity index (χ0n) is 12.2. The van der Waals surface area contributed by atoms with E-state index >= 15 is 0 Å². The van der Waals surface area contributed by atoms with E-state index in [2.05, 4.69) is 6.92 Å². The van der Waals surface area contributed by atoms with E-state index in [0.717, 1.165) is 19.3 Å². The van der Waals surface area contributed by atoms with Crippen LogP contribution in [0.25, 0.3) is 0 Å². The van der Waals surface area contributed by atoms with Crippen molar-refractivity contribution in [2.24, 2.45) is 5.92 Å². The van der Waals surface area contributed by atoms with E-state index in [4.69, 9.17) is 4.74 Å². The van der Waals surface area contributed by atoms with E-state index in [1.807, 2.05) is 0 Å². The second kappa shape index (κ2) is 7.62. The molecule has 0 radical (unpaired) electrons. The third-order valence-corrected chi connectivity index (χ3v) is 2.97. The topological polar surface area (TPSA) is 69.4 Å². The molecule has 0 atom stereocenters. The number of benzene rings is 1. The van der Waals surface area contributed by atoms with E-state index < -0.39 is 4.92 Å². The number of carbonyl (C=O) groups excluding carboxylic acids is 1. The number of unbranched alkanes of at least 4 members (excludes halogenated alkanes) is 2. The Morgan fingerprint density at radius 1 is 1.35 bits per heavy atom. The molecule has 110 valence electrons. The van der Waals surface area contributed by atoms with Gasteiger partial charge >= 0.3 is 5.69 Å². The zero-order chi connectivity index (χ0) is 15.1. The van der Waals surface area contributed by atoms with Crippen LogP contribution in [0.2, 0.25) is 0 Å². The molecule has 0 saturated carbocycles. The number of ether oxygens (including phenoxy) is 1. The first kappa shape index (κ1) is 16.1. The van der Waals surface area contributed by atoms with E-state index in [-0.39, 0.29) is 23.1 Å². The summed E-state index contributed by atoms with van der Waals surface area (Å²) in [6.45, 7) is 6.06. The standard InChI is InChI=1S/C15H21NO4/c1-4-5-6-9-20-14-8-7-12(15(17)11(2)3)10-13(14)16(18)19/h7-8,10-11H,4-6,9H2,1-3H3. The summed E-state index contributed by atoms with van der Waals surface area (Å²) in [5.74, 6) is -0.0667. The second-order valence-corrected chi connectivity index (χ2v) is 5.01. The Morgan fingerprint density at radius 2 is 2.05 bits per heavy atom. The maximum absolute atomic E-state index is 11.9. The van der Waals surface area contributed by atoms with E-state index in [1.165, 1.54) is 12.1 Å². The lowest BCUT2D eigenvalue weighted by Crippen LogP contribution is -2.08. The molecule has 1 aromatic rings. The van der Waals surface area contributed by atoms with Gasteiger partial charge in [-0.3, -0.25) is 14.9 Å². The second-order valence-electron chi connectivity index (χ2n) is 5.01. The van der Waals surface area contributed by atoms with Gasteiger partial charge in [0.05, 0.1) is 11.5 Å². The van der Waals surface area contributed by atoms with Gasteiger partial charge < -0.3 is 4.74 Å². The maximum Gasteiger partial charge on any atom is 0.311 e. The molecule has 5 heteroatoms. The lowest BCUT2D eigenvalue weighted by Gasteiger charge is -2.09. The first-order valence-corrected chi connectivity index (χ1v) is 6.92. The highest BCUT2D eigenvalue weighted by molar-refractivity contribution is 5.98. The maximum atomic E-state index is 11.9. The Morgan fingerprint density at radius 3 is 2.60 bits per heavy atom. The van der Waals surface area contributed by atoms with E-state index in [1.54, 1.807) is 19.9 Å². The Bertz CT molecular complexity index is 483. The normalized spacial score (nSPS) is 10.6. The molecule has 0 unspecified atom stereocenters. The van der Waals surface area contributed by atoms with Crippen LogP contribution in [0.1, 0.15) is 50.4 Å². The number of Topliss-reactive ketones (excluding diaryl/α,β-unsaturated/α-hetero) is 1. The van der Waals surface area contributed by atoms with Gasteiger partial charge in [0.1, 0.15) is 0 Å². The average molecular weight is 279 g/mol. The smallest absolute Gasteiger partial charge is 0.311 e. The number of nitro groups is 1. The van der Waals surface area contributed by atoms with Gasteiger partial charge in [0, 0.05) is 17.5 Å². The molecule has 0 aliphatic rings. The number of rotatable bonds is 8. The average Bonchev–Trinajstić information content (AvgIpc) is 2.42. The number of nitrogens with zero attached hydrogens (tertiary/aromatic N) is 1. The Labute approximate surface area is 119 Å². The highest BCUT2D eigenvalue weighted by Crippen LogP contribution is 2.29. The lowest BCUT2D eigenvalue weighted by molar-refractivity contribution is -0.385. The van der Waals surface area contributed by atoms with Crippen molar-refractivity contribution in [3.05, 3.63) is 33.9 Å². The number of nitro benzene ring substituents is 1. The summed E-state index contributed by atoms with van der Waals surface area (Å²) in [5, 5.41) is 11.1. The Balaban J connectivity index is 2.91. The highest BCUT2D eigenvalue weighted by atomic mass is 16.6. The summed E-state index contributed by atoms with van der Waals surface area (Å²) in [6.07, 6.45) is 2.95. The van der Waals surface area contributed by atoms with Crippen LogP contribution in [-0.2, 0) is 0 Å². The first-order chi connectivity index (χ1) is 9.47. The molecule has 0 aromatic heterocycles. The number of hydrogen-bond acceptors (Lipinski definition) is 4. The van der Waals surface area contributed by atoms with Gasteiger partial charge in [0.15, 0.2) is 11.5 Å². The van der Waals surface area contributed by atoms with Gasteiger partial charge in [-0.2, -0.15) is 0 Å². The SMILES string of the molecule is CCCCCOc1ccc(C(=O)C(C)C)cc1[N+](=O)[O-]. The van der Waals surface area contributed by atoms with Crippen molar-refractivity contribution in [2.45, 2.75) is 40.0 Å². The summed E-state index contributed by atoms with van der Waals surface area (Å²) in [4.78, 5) is 22.4. The van der Waals surface area contributed by atoms with Crippen LogP contribution in [0.4, 0.5) is 5.69 Å². The molecule has 5 nitrogen and oxygen atoms in total. The summed E-state index contributed by atoms with van der Waals surface area (Å²) in [5.41, 5.74) is 0.209. The van der Waals surface area contributed by atoms with Crippen molar-refractivity contribution >= 4 is 11.5 Å². The zero-order valence-corrected chi connectivity index (χ0v) is 12.2. The van der Waals surface area contributed by atoms with Crippen molar-refractivity contribution in [3.63, 3.8) is 0 Å². The molecular formula is C15H21NO4. The molecule has 0 N–H and O–H groups in total. The van der Waals surface area contributed by atoms with Crippen LogP contribution >= 0.6 is 0 Å². The van der Waals surface area contributed by atoms with Crippen LogP contribution in [0.5, 0.6) is 5.75 Å². The number of hydrogen-bond donors (Lipinski definition) is 0. The Kier molecular flexibility index (Phi) is 6.15. The molecule has 0 spiro atoms. The molecule has 1 aromatic carbocycles. The van der Waals surface area contributed by atoms with Gasteiger partial charge in [-0.15, -0.1) is 0 Å². The van der Waals surface area contributed by atoms with Crippen LogP contribution in [-0.4, -0.2) is 17.3 Å². The van der Waals surface area contributed by atoms with Gasteiger partial charge in [-0.05, 0) is 18.6 Å². The minimum atomic E-state index is -0.508. The summed E-state index contributed by atoms with van der Waals surface area (Å²) < 4.78 is 5.44. The fraction of sp³-hybridized carbons (Fsp3) is 0.533. The number of ketones is 1. The van der Waals surface area contributed by atoms with Crippen LogP contribution < -0.4 is 4.74 Å². The summed E-state index contributed by atoms with van der Waals surface area (Å²) in [7, 11) is 0. The largest absolute Gasteiger partial charge is 0.487 e. The highest BCUT2D eigenvalue weighted by Gasteiger charge is 2.19. The van der Waals surface area contributed by atoms with Crippen molar-refractivity contribution in [1.29, 1.82) is 0 Å². The monoisotopic (exact) mass is 279 g/mol. The molecule has 0 saturated heterocycles. The minimum absolute atomic E-state index is 0.106. The molecule has 0 aliphatic heterocycles. The summed E-state index contributed by atoms with van der Waals surface area (Å²) in [6, 6.07) is 4.40. The first-order valence-electron chi connectivity index (χ1n) is 6.92. The predicted molar refractivity (Wildman–Crippen MR) is 77.3 cm³/mol. The third kappa shape index (κ3) is 4.33. The van der Waals surface area contributed by atoms with Crippen molar-refractivity contribution in [3.8, 4) is 5.75 Å². The van der Waals surface area contributed by atoms with Crippen molar-refractivity contribution < 1.29 is 14.5 Å². The molecule has 0 amide bonds. The fourth-order valence-electron chi connectivity index (χ4n) is 1.80. The lowest BCUT2D eigenvalue weighted by atomic mass is 10.0. The molecule has 0 heterocycles. The predicted octanol–water partition coefficient (Wildman–Crippen LogP) is 4.00. The molecule has 0 fully saturated rings. The molecule has 20 heavy (non-hydrogen) atoms. The molecular weight excluding hydrogens is 258 g/mol. The van der Waals surface area contributed by atoms with Crippen molar-refractivity contribution in [2.75, 3.05) is 6.61 Å². The van der Waals surface area contributed by atoms with Gasteiger partial charge in [-0.25, -0.2) is 0 Å². The van der Waals surface area contributed by atoms with Gasteiger partial charge in [-0.1, -0.05) is 33.6 Å². The minimum Gasteiger partial charge on any atom is -0.487 e. The number of carbonyl (C=O) groups is 1. The van der Waals surface area contributed by atoms with Crippen molar-refractivity contribution in [1.82, 2.24) is 0 Å². The van der Waals surface area contributed by atoms with Crippen LogP contribution in [0.15, 0.2) is 18.2 Å². The quantitative estimate of drug-likeness (QED) is 0.312. The summed E-state index contributed by atoms with van der Waals surface area (Å²) >= 11 is 0. The molecule has 1 rings (SSSR count).